The van der Waals surface area contributed by atoms with Crippen LogP contribution in [0.4, 0.5) is 5.69 Å². The Morgan fingerprint density at radius 1 is 0.900 bits per heavy atom. The van der Waals surface area contributed by atoms with E-state index in [4.69, 9.17) is 11.6 Å². The number of benzene rings is 3. The second kappa shape index (κ2) is 8.84. The van der Waals surface area contributed by atoms with E-state index < -0.39 is 11.9 Å². The van der Waals surface area contributed by atoms with Crippen molar-refractivity contribution in [3.05, 3.63) is 101 Å². The smallest absolute Gasteiger partial charge is 0.253 e. The minimum Gasteiger partial charge on any atom is -0.359 e. The fourth-order valence-electron chi connectivity index (χ4n) is 3.35. The largest absolute Gasteiger partial charge is 0.359 e. The van der Waals surface area contributed by atoms with Gasteiger partial charge in [-0.25, -0.2) is 0 Å². The van der Waals surface area contributed by atoms with Gasteiger partial charge >= 0.3 is 0 Å². The zero-order chi connectivity index (χ0) is 20.9. The number of nitrogens with one attached hydrogen (secondary N) is 3. The molecule has 2 amide bonds. The van der Waals surface area contributed by atoms with Crippen LogP contribution in [0.2, 0.25) is 5.02 Å². The fraction of sp³-hybridized carbons (Fsp3) is 0.0833. The van der Waals surface area contributed by atoms with E-state index >= 15 is 0 Å². The summed E-state index contributed by atoms with van der Waals surface area (Å²) in [6.45, 7) is 0. The molecule has 0 fully saturated rings. The topological polar surface area (TPSA) is 74.0 Å². The van der Waals surface area contributed by atoms with Crippen molar-refractivity contribution >= 4 is 40.0 Å². The third-order valence-corrected chi connectivity index (χ3v) is 5.20. The Hall–Kier alpha value is -3.57. The summed E-state index contributed by atoms with van der Waals surface area (Å²) in [5.74, 6) is -0.698. The maximum absolute atomic E-state index is 13.2. The second-order valence-electron chi connectivity index (χ2n) is 6.93. The van der Waals surface area contributed by atoms with Crippen molar-refractivity contribution in [3.8, 4) is 0 Å². The highest BCUT2D eigenvalue weighted by atomic mass is 35.5. The maximum Gasteiger partial charge on any atom is 0.253 e. The van der Waals surface area contributed by atoms with Crippen LogP contribution in [0, 0.1) is 0 Å². The highest BCUT2D eigenvalue weighted by Crippen LogP contribution is 2.22. The van der Waals surface area contributed by atoms with E-state index in [9.17, 15) is 9.59 Å². The van der Waals surface area contributed by atoms with Crippen molar-refractivity contribution in [1.82, 2.24) is 10.3 Å². The maximum atomic E-state index is 13.2. The van der Waals surface area contributed by atoms with Gasteiger partial charge in [0, 0.05) is 18.0 Å². The molecule has 0 aliphatic heterocycles. The fourth-order valence-corrected chi connectivity index (χ4v) is 3.57. The van der Waals surface area contributed by atoms with Crippen molar-refractivity contribution < 1.29 is 9.59 Å². The van der Waals surface area contributed by atoms with E-state index in [1.165, 1.54) is 0 Å². The number of fused-ring (bicyclic) bond motifs is 1. The lowest BCUT2D eigenvalue weighted by atomic mass is 10.0. The number of para-hydroxylation sites is 1. The monoisotopic (exact) mass is 417 g/mol. The van der Waals surface area contributed by atoms with Crippen LogP contribution in [0.15, 0.2) is 85.1 Å². The lowest BCUT2D eigenvalue weighted by Crippen LogP contribution is -2.45. The number of hydrogen-bond donors (Lipinski definition) is 3. The molecule has 0 aliphatic rings. The zero-order valence-electron chi connectivity index (χ0n) is 16.1. The quantitative estimate of drug-likeness (QED) is 0.421. The number of amides is 2. The predicted molar refractivity (Wildman–Crippen MR) is 120 cm³/mol. The van der Waals surface area contributed by atoms with Crippen molar-refractivity contribution in [2.24, 2.45) is 0 Å². The first-order valence-electron chi connectivity index (χ1n) is 9.58. The van der Waals surface area contributed by atoms with E-state index in [0.717, 1.165) is 16.5 Å². The Labute approximate surface area is 179 Å². The van der Waals surface area contributed by atoms with Crippen LogP contribution in [0.25, 0.3) is 10.9 Å². The van der Waals surface area contributed by atoms with Crippen molar-refractivity contribution in [2.45, 2.75) is 12.5 Å². The number of aromatic amines is 1. The first-order valence-corrected chi connectivity index (χ1v) is 9.96. The summed E-state index contributed by atoms with van der Waals surface area (Å²) in [5, 5.41) is 7.11. The molecule has 3 aromatic carbocycles. The molecular formula is C24H20ClN3O2. The SMILES string of the molecule is O=C(NC(Cc1ccccc1)C(=O)Nc1cccc2cc[nH]c12)c1ccccc1Cl. The average Bonchev–Trinajstić information content (AvgIpc) is 3.24. The third-order valence-electron chi connectivity index (χ3n) is 4.87. The van der Waals surface area contributed by atoms with Crippen molar-refractivity contribution in [1.29, 1.82) is 0 Å². The highest BCUT2D eigenvalue weighted by Gasteiger charge is 2.23. The molecule has 0 bridgehead atoms. The summed E-state index contributed by atoms with van der Waals surface area (Å²) in [7, 11) is 0. The molecule has 150 valence electrons. The number of anilines is 1. The minimum absolute atomic E-state index is 0.304. The van der Waals surface area contributed by atoms with Crippen molar-refractivity contribution in [3.63, 3.8) is 0 Å². The molecule has 30 heavy (non-hydrogen) atoms. The van der Waals surface area contributed by atoms with E-state index in [-0.39, 0.29) is 5.91 Å². The van der Waals surface area contributed by atoms with Crippen LogP contribution in [-0.2, 0) is 11.2 Å². The number of carbonyl (C=O) groups excluding carboxylic acids is 2. The second-order valence-corrected chi connectivity index (χ2v) is 7.34. The lowest BCUT2D eigenvalue weighted by Gasteiger charge is -2.19. The molecule has 0 saturated carbocycles. The summed E-state index contributed by atoms with van der Waals surface area (Å²) < 4.78 is 0. The van der Waals surface area contributed by atoms with E-state index in [0.29, 0.717) is 22.7 Å². The molecule has 6 heteroatoms. The Kier molecular flexibility index (Phi) is 5.82. The third kappa shape index (κ3) is 4.36. The Bertz CT molecular complexity index is 1190. The summed E-state index contributed by atoms with van der Waals surface area (Å²) in [6.07, 6.45) is 2.17. The number of carbonyl (C=O) groups is 2. The van der Waals surface area contributed by atoms with Crippen LogP contribution in [0.3, 0.4) is 0 Å². The minimum atomic E-state index is -0.776. The molecule has 5 nitrogen and oxygen atoms in total. The molecule has 1 unspecified atom stereocenters. The van der Waals surface area contributed by atoms with Gasteiger partial charge in [0.25, 0.3) is 5.91 Å². The van der Waals surface area contributed by atoms with E-state index in [1.54, 1.807) is 24.3 Å². The number of halogens is 1. The Balaban J connectivity index is 1.59. The lowest BCUT2D eigenvalue weighted by molar-refractivity contribution is -0.118. The van der Waals surface area contributed by atoms with Gasteiger partial charge in [0.15, 0.2) is 0 Å². The number of hydrogen-bond acceptors (Lipinski definition) is 2. The van der Waals surface area contributed by atoms with Gasteiger partial charge in [-0.3, -0.25) is 9.59 Å². The normalized spacial score (nSPS) is 11.8. The van der Waals surface area contributed by atoms with Gasteiger partial charge < -0.3 is 15.6 Å². The van der Waals surface area contributed by atoms with Gasteiger partial charge in [-0.2, -0.15) is 0 Å². The van der Waals surface area contributed by atoms with Crippen LogP contribution >= 0.6 is 11.6 Å². The molecule has 1 heterocycles. The molecule has 0 saturated heterocycles. The summed E-state index contributed by atoms with van der Waals surface area (Å²) in [4.78, 5) is 29.1. The molecule has 4 aromatic rings. The molecule has 1 aromatic heterocycles. The number of H-pyrrole nitrogens is 1. The molecule has 3 N–H and O–H groups in total. The van der Waals surface area contributed by atoms with Crippen LogP contribution in [0.5, 0.6) is 0 Å². The van der Waals surface area contributed by atoms with Gasteiger partial charge in [-0.1, -0.05) is 66.2 Å². The molecule has 4 rings (SSSR count). The van der Waals surface area contributed by atoms with Crippen molar-refractivity contribution in [2.75, 3.05) is 5.32 Å². The predicted octanol–water partition coefficient (Wildman–Crippen LogP) is 4.80. The molecule has 0 radical (unpaired) electrons. The first kappa shape index (κ1) is 19.7. The van der Waals surface area contributed by atoms with Gasteiger partial charge in [-0.15, -0.1) is 0 Å². The van der Waals surface area contributed by atoms with Gasteiger partial charge in [-0.05, 0) is 29.8 Å². The molecular weight excluding hydrogens is 398 g/mol. The van der Waals surface area contributed by atoms with Crippen LogP contribution < -0.4 is 10.6 Å². The first-order chi connectivity index (χ1) is 14.6. The Morgan fingerprint density at radius 3 is 2.47 bits per heavy atom. The van der Waals surface area contributed by atoms with Gasteiger partial charge in [0.05, 0.1) is 21.8 Å². The molecule has 1 atom stereocenters. The van der Waals surface area contributed by atoms with E-state index in [1.807, 2.05) is 60.8 Å². The summed E-state index contributed by atoms with van der Waals surface area (Å²) >= 11 is 6.16. The summed E-state index contributed by atoms with van der Waals surface area (Å²) in [6, 6.07) is 23.2. The highest BCUT2D eigenvalue weighted by molar-refractivity contribution is 6.33. The zero-order valence-corrected chi connectivity index (χ0v) is 16.8. The Morgan fingerprint density at radius 2 is 1.67 bits per heavy atom. The molecule has 0 aliphatic carbocycles. The number of rotatable bonds is 6. The van der Waals surface area contributed by atoms with Gasteiger partial charge in [0.1, 0.15) is 6.04 Å². The summed E-state index contributed by atoms with van der Waals surface area (Å²) in [5.41, 5.74) is 2.76. The molecule has 0 spiro atoms. The standard InChI is InChI=1S/C24H20ClN3O2/c25-19-11-5-4-10-18(19)23(29)28-21(15-16-7-2-1-3-8-16)24(30)27-20-12-6-9-17-13-14-26-22(17)20/h1-14,21,26H,15H2,(H,27,30)(H,28,29). The van der Waals surface area contributed by atoms with E-state index in [2.05, 4.69) is 15.6 Å². The van der Waals surface area contributed by atoms with Crippen LogP contribution in [-0.4, -0.2) is 22.8 Å². The van der Waals surface area contributed by atoms with Gasteiger partial charge in [0.2, 0.25) is 5.91 Å². The van der Waals surface area contributed by atoms with Crippen LogP contribution in [0.1, 0.15) is 15.9 Å². The number of aromatic nitrogens is 1. The average molecular weight is 418 g/mol.